The Morgan fingerprint density at radius 1 is 1.40 bits per heavy atom. The van der Waals surface area contributed by atoms with Gasteiger partial charge >= 0.3 is 5.97 Å². The summed E-state index contributed by atoms with van der Waals surface area (Å²) < 4.78 is 11.4. The van der Waals surface area contributed by atoms with E-state index in [0.29, 0.717) is 17.9 Å². The molecule has 4 nitrogen and oxygen atoms in total. The predicted octanol–water partition coefficient (Wildman–Crippen LogP) is 2.20. The van der Waals surface area contributed by atoms with Crippen molar-refractivity contribution in [1.82, 2.24) is 0 Å². The molecule has 1 aliphatic heterocycles. The third kappa shape index (κ3) is 2.07. The summed E-state index contributed by atoms with van der Waals surface area (Å²) in [6.45, 7) is 0.192. The maximum absolute atomic E-state index is 10.5. The van der Waals surface area contributed by atoms with Gasteiger partial charge in [0.2, 0.25) is 6.79 Å². The van der Waals surface area contributed by atoms with Gasteiger partial charge in [-0.2, -0.15) is 0 Å². The first-order chi connectivity index (χ1) is 7.18. The van der Waals surface area contributed by atoms with Gasteiger partial charge in [0.25, 0.3) is 0 Å². The maximum Gasteiger partial charge on any atom is 0.303 e. The SMILES string of the molecule is O=C(O)CCc1ccc(Br)c2c1OCO2. The third-order valence-corrected chi connectivity index (χ3v) is 2.78. The number of aliphatic carboxylic acids is 1. The smallest absolute Gasteiger partial charge is 0.303 e. The van der Waals surface area contributed by atoms with Crippen LogP contribution in [0.4, 0.5) is 0 Å². The second kappa shape index (κ2) is 4.10. The largest absolute Gasteiger partial charge is 0.481 e. The van der Waals surface area contributed by atoms with Gasteiger partial charge in [0, 0.05) is 6.42 Å². The molecule has 1 aromatic carbocycles. The number of hydrogen-bond donors (Lipinski definition) is 1. The van der Waals surface area contributed by atoms with Gasteiger partial charge in [0.1, 0.15) is 0 Å². The van der Waals surface area contributed by atoms with Crippen LogP contribution in [0.15, 0.2) is 16.6 Å². The van der Waals surface area contributed by atoms with E-state index in [1.807, 2.05) is 12.1 Å². The van der Waals surface area contributed by atoms with E-state index >= 15 is 0 Å². The highest BCUT2D eigenvalue weighted by Gasteiger charge is 2.20. The fourth-order valence-corrected chi connectivity index (χ4v) is 1.88. The molecular formula is C10H9BrO4. The van der Waals surface area contributed by atoms with E-state index in [1.165, 1.54) is 0 Å². The summed E-state index contributed by atoms with van der Waals surface area (Å²) in [5.41, 5.74) is 0.869. The summed E-state index contributed by atoms with van der Waals surface area (Å²) in [5, 5.41) is 8.60. The molecule has 0 bridgehead atoms. The van der Waals surface area contributed by atoms with E-state index in [-0.39, 0.29) is 13.2 Å². The van der Waals surface area contributed by atoms with E-state index in [2.05, 4.69) is 15.9 Å². The van der Waals surface area contributed by atoms with Gasteiger partial charge in [-0.05, 0) is 34.0 Å². The second-order valence-electron chi connectivity index (χ2n) is 3.17. The number of carboxylic acids is 1. The van der Waals surface area contributed by atoms with E-state index < -0.39 is 5.97 Å². The Kier molecular flexibility index (Phi) is 2.81. The number of aryl methyl sites for hydroxylation is 1. The van der Waals surface area contributed by atoms with Crippen molar-refractivity contribution in [2.45, 2.75) is 12.8 Å². The average Bonchev–Trinajstić information content (AvgIpc) is 2.66. The van der Waals surface area contributed by atoms with Crippen LogP contribution in [0.1, 0.15) is 12.0 Å². The molecule has 15 heavy (non-hydrogen) atoms. The fraction of sp³-hybridized carbons (Fsp3) is 0.300. The Hall–Kier alpha value is -1.23. The van der Waals surface area contributed by atoms with Gasteiger partial charge in [0.05, 0.1) is 4.47 Å². The summed E-state index contributed by atoms with van der Waals surface area (Å²) >= 11 is 3.34. The normalized spacial score (nSPS) is 12.9. The first-order valence-electron chi connectivity index (χ1n) is 4.47. The standard InChI is InChI=1S/C10H9BrO4/c11-7-3-1-6(2-4-8(12)13)9-10(7)15-5-14-9/h1,3H,2,4-5H2,(H,12,13). The van der Waals surface area contributed by atoms with Crippen molar-refractivity contribution in [2.24, 2.45) is 0 Å². The number of ether oxygens (including phenoxy) is 2. The second-order valence-corrected chi connectivity index (χ2v) is 4.02. The van der Waals surface area contributed by atoms with E-state index in [4.69, 9.17) is 14.6 Å². The number of carboxylic acid groups (broad SMARTS) is 1. The van der Waals surface area contributed by atoms with Crippen LogP contribution in [0, 0.1) is 0 Å². The molecule has 1 N–H and O–H groups in total. The predicted molar refractivity (Wildman–Crippen MR) is 56.2 cm³/mol. The Morgan fingerprint density at radius 3 is 2.87 bits per heavy atom. The minimum Gasteiger partial charge on any atom is -0.481 e. The van der Waals surface area contributed by atoms with E-state index in [0.717, 1.165) is 10.0 Å². The molecule has 1 aromatic rings. The van der Waals surface area contributed by atoms with Crippen molar-refractivity contribution in [2.75, 3.05) is 6.79 Å². The van der Waals surface area contributed by atoms with Crippen molar-refractivity contribution >= 4 is 21.9 Å². The molecule has 1 heterocycles. The van der Waals surface area contributed by atoms with Crippen molar-refractivity contribution in [3.63, 3.8) is 0 Å². The molecule has 0 aromatic heterocycles. The summed E-state index contributed by atoms with van der Waals surface area (Å²) in [6.07, 6.45) is 0.547. The van der Waals surface area contributed by atoms with Crippen molar-refractivity contribution in [1.29, 1.82) is 0 Å². The molecule has 5 heteroatoms. The first kappa shape index (κ1) is 10.3. The summed E-state index contributed by atoms with van der Waals surface area (Å²) in [5.74, 6) is 0.508. The average molecular weight is 273 g/mol. The zero-order valence-electron chi connectivity index (χ0n) is 7.83. The van der Waals surface area contributed by atoms with Crippen molar-refractivity contribution in [3.05, 3.63) is 22.2 Å². The number of halogens is 1. The van der Waals surface area contributed by atoms with Gasteiger partial charge in [-0.25, -0.2) is 0 Å². The monoisotopic (exact) mass is 272 g/mol. The lowest BCUT2D eigenvalue weighted by molar-refractivity contribution is -0.136. The number of fused-ring (bicyclic) bond motifs is 1. The molecule has 0 radical (unpaired) electrons. The van der Waals surface area contributed by atoms with Crippen LogP contribution in [0.5, 0.6) is 11.5 Å². The van der Waals surface area contributed by atoms with Gasteiger partial charge in [-0.1, -0.05) is 6.07 Å². The lowest BCUT2D eigenvalue weighted by atomic mass is 10.1. The summed E-state index contributed by atoms with van der Waals surface area (Å²) in [6, 6.07) is 3.69. The minimum absolute atomic E-state index is 0.0947. The molecule has 80 valence electrons. The number of carbonyl (C=O) groups is 1. The van der Waals surface area contributed by atoms with Gasteiger partial charge in [0.15, 0.2) is 11.5 Å². The van der Waals surface area contributed by atoms with E-state index in [9.17, 15) is 4.79 Å². The molecule has 0 fully saturated rings. The number of hydrogen-bond acceptors (Lipinski definition) is 3. The zero-order valence-corrected chi connectivity index (χ0v) is 9.41. The molecule has 2 rings (SSSR count). The first-order valence-corrected chi connectivity index (χ1v) is 5.26. The van der Waals surface area contributed by atoms with Crippen LogP contribution in [-0.4, -0.2) is 17.9 Å². The quantitative estimate of drug-likeness (QED) is 0.917. The van der Waals surface area contributed by atoms with Crippen LogP contribution >= 0.6 is 15.9 Å². The van der Waals surface area contributed by atoms with Crippen molar-refractivity contribution in [3.8, 4) is 11.5 Å². The Morgan fingerprint density at radius 2 is 2.13 bits per heavy atom. The molecule has 0 saturated heterocycles. The highest BCUT2D eigenvalue weighted by Crippen LogP contribution is 2.41. The Bertz CT molecular complexity index is 403. The van der Waals surface area contributed by atoms with Crippen LogP contribution in [0.25, 0.3) is 0 Å². The van der Waals surface area contributed by atoms with Crippen LogP contribution < -0.4 is 9.47 Å². The Balaban J connectivity index is 2.25. The lowest BCUT2D eigenvalue weighted by Gasteiger charge is -2.05. The van der Waals surface area contributed by atoms with Crippen molar-refractivity contribution < 1.29 is 19.4 Å². The summed E-state index contributed by atoms with van der Waals surface area (Å²) in [4.78, 5) is 10.5. The van der Waals surface area contributed by atoms with Gasteiger partial charge < -0.3 is 14.6 Å². The summed E-state index contributed by atoms with van der Waals surface area (Å²) in [7, 11) is 0. The fourth-order valence-electron chi connectivity index (χ4n) is 1.46. The van der Waals surface area contributed by atoms with Gasteiger partial charge in [-0.3, -0.25) is 4.79 Å². The molecular weight excluding hydrogens is 264 g/mol. The molecule has 0 unspecified atom stereocenters. The number of rotatable bonds is 3. The lowest BCUT2D eigenvalue weighted by Crippen LogP contribution is -1.99. The third-order valence-electron chi connectivity index (χ3n) is 2.16. The Labute approximate surface area is 94.9 Å². The molecule has 0 atom stereocenters. The molecule has 1 aliphatic rings. The van der Waals surface area contributed by atoms with E-state index in [1.54, 1.807) is 0 Å². The maximum atomic E-state index is 10.5. The number of benzene rings is 1. The van der Waals surface area contributed by atoms with Gasteiger partial charge in [-0.15, -0.1) is 0 Å². The minimum atomic E-state index is -0.814. The van der Waals surface area contributed by atoms with Crippen LogP contribution in [-0.2, 0) is 11.2 Å². The zero-order chi connectivity index (χ0) is 10.8. The molecule has 0 aliphatic carbocycles. The highest BCUT2D eigenvalue weighted by atomic mass is 79.9. The molecule has 0 saturated carbocycles. The topological polar surface area (TPSA) is 55.8 Å². The van der Waals surface area contributed by atoms with Crippen LogP contribution in [0.2, 0.25) is 0 Å². The molecule has 0 spiro atoms. The van der Waals surface area contributed by atoms with Crippen LogP contribution in [0.3, 0.4) is 0 Å². The highest BCUT2D eigenvalue weighted by molar-refractivity contribution is 9.10. The molecule has 0 amide bonds.